The molecule has 1 N–H and O–H groups in total. The highest BCUT2D eigenvalue weighted by Gasteiger charge is 2.21. The summed E-state index contributed by atoms with van der Waals surface area (Å²) in [5.74, 6) is -0.962. The van der Waals surface area contributed by atoms with Crippen molar-refractivity contribution in [2.45, 2.75) is 25.7 Å². The molecule has 1 aromatic carbocycles. The molecule has 1 fully saturated rings. The molecule has 1 aromatic rings. The smallest absolute Gasteiger partial charge is 0.303 e. The second-order valence-electron chi connectivity index (χ2n) is 4.68. The molecule has 0 amide bonds. The number of hydrogen-bond acceptors (Lipinski definition) is 1. The topological polar surface area (TPSA) is 37.3 Å². The summed E-state index contributed by atoms with van der Waals surface area (Å²) in [4.78, 5) is 10.6. The fourth-order valence-electron chi connectivity index (χ4n) is 2.35. The number of carboxylic acids is 1. The van der Waals surface area contributed by atoms with Crippen LogP contribution in [0, 0.1) is 11.7 Å². The zero-order chi connectivity index (χ0) is 13.1. The zero-order valence-electron chi connectivity index (χ0n) is 9.83. The van der Waals surface area contributed by atoms with Gasteiger partial charge in [-0.2, -0.15) is 0 Å². The van der Waals surface area contributed by atoms with Gasteiger partial charge in [0.15, 0.2) is 0 Å². The Morgan fingerprint density at radius 2 is 2.33 bits per heavy atom. The molecule has 1 aliphatic carbocycles. The van der Waals surface area contributed by atoms with Gasteiger partial charge in [0.2, 0.25) is 0 Å². The van der Waals surface area contributed by atoms with Gasteiger partial charge in [-0.1, -0.05) is 29.3 Å². The van der Waals surface area contributed by atoms with E-state index in [1.54, 1.807) is 6.07 Å². The summed E-state index contributed by atoms with van der Waals surface area (Å²) in [5.41, 5.74) is 1.96. The first-order chi connectivity index (χ1) is 8.54. The van der Waals surface area contributed by atoms with Crippen LogP contribution in [-0.4, -0.2) is 11.1 Å². The molecule has 1 unspecified atom stereocenters. The van der Waals surface area contributed by atoms with Gasteiger partial charge in [0.25, 0.3) is 0 Å². The number of aliphatic carboxylic acids is 1. The molecule has 1 aliphatic rings. The minimum absolute atomic E-state index is 0.118. The molecule has 0 radical (unpaired) electrons. The van der Waals surface area contributed by atoms with Crippen molar-refractivity contribution in [2.24, 2.45) is 5.92 Å². The highest BCUT2D eigenvalue weighted by Crippen LogP contribution is 2.34. The minimum atomic E-state index is -0.751. The van der Waals surface area contributed by atoms with Gasteiger partial charge in [-0.05, 0) is 42.9 Å². The van der Waals surface area contributed by atoms with Crippen LogP contribution >= 0.6 is 11.6 Å². The Morgan fingerprint density at radius 1 is 1.56 bits per heavy atom. The predicted molar refractivity (Wildman–Crippen MR) is 69.0 cm³/mol. The molecule has 2 nitrogen and oxygen atoms in total. The van der Waals surface area contributed by atoms with E-state index in [4.69, 9.17) is 16.7 Å². The van der Waals surface area contributed by atoms with Crippen LogP contribution in [-0.2, 0) is 4.79 Å². The Balaban J connectivity index is 2.06. The van der Waals surface area contributed by atoms with Crippen molar-refractivity contribution >= 4 is 23.6 Å². The summed E-state index contributed by atoms with van der Waals surface area (Å²) in [6.07, 6.45) is 4.72. The van der Waals surface area contributed by atoms with Crippen molar-refractivity contribution in [3.05, 3.63) is 40.2 Å². The van der Waals surface area contributed by atoms with E-state index in [1.165, 1.54) is 17.7 Å². The van der Waals surface area contributed by atoms with Crippen molar-refractivity contribution in [3.8, 4) is 0 Å². The van der Waals surface area contributed by atoms with Gasteiger partial charge in [0, 0.05) is 6.42 Å². The lowest BCUT2D eigenvalue weighted by molar-refractivity contribution is -0.138. The first-order valence-electron chi connectivity index (χ1n) is 5.91. The molecule has 0 aromatic heterocycles. The van der Waals surface area contributed by atoms with E-state index < -0.39 is 11.8 Å². The Morgan fingerprint density at radius 3 is 3.00 bits per heavy atom. The third kappa shape index (κ3) is 3.33. The molecule has 4 heteroatoms. The lowest BCUT2D eigenvalue weighted by atomic mass is 10.0. The number of halogens is 2. The minimum Gasteiger partial charge on any atom is -0.481 e. The molecule has 0 saturated heterocycles. The van der Waals surface area contributed by atoms with E-state index >= 15 is 0 Å². The lowest BCUT2D eigenvalue weighted by Gasteiger charge is -2.03. The van der Waals surface area contributed by atoms with Crippen LogP contribution in [0.1, 0.15) is 31.2 Å². The van der Waals surface area contributed by atoms with Crippen molar-refractivity contribution < 1.29 is 14.3 Å². The SMILES string of the molecule is O=C(O)CC1CCC(=Cc2ccc(Cl)c(F)c2)C1. The molecule has 1 atom stereocenters. The second-order valence-corrected chi connectivity index (χ2v) is 5.09. The first-order valence-corrected chi connectivity index (χ1v) is 6.28. The number of hydrogen-bond donors (Lipinski definition) is 1. The van der Waals surface area contributed by atoms with Crippen molar-refractivity contribution in [2.75, 3.05) is 0 Å². The van der Waals surface area contributed by atoms with Gasteiger partial charge in [-0.3, -0.25) is 4.79 Å². The molecule has 0 bridgehead atoms. The highest BCUT2D eigenvalue weighted by atomic mass is 35.5. The molecule has 2 rings (SSSR count). The maximum absolute atomic E-state index is 13.3. The van der Waals surface area contributed by atoms with Crippen LogP contribution in [0.3, 0.4) is 0 Å². The first kappa shape index (κ1) is 13.1. The van der Waals surface area contributed by atoms with Crippen molar-refractivity contribution in [3.63, 3.8) is 0 Å². The van der Waals surface area contributed by atoms with E-state index in [-0.39, 0.29) is 17.4 Å². The van der Waals surface area contributed by atoms with Gasteiger partial charge >= 0.3 is 5.97 Å². The summed E-state index contributed by atoms with van der Waals surface area (Å²) in [5, 5.41) is 8.85. The fraction of sp³-hybridized carbons (Fsp3) is 0.357. The van der Waals surface area contributed by atoms with Crippen molar-refractivity contribution in [1.82, 2.24) is 0 Å². The third-order valence-corrected chi connectivity index (χ3v) is 3.51. The van der Waals surface area contributed by atoms with Crippen LogP contribution in [0.4, 0.5) is 4.39 Å². The van der Waals surface area contributed by atoms with Gasteiger partial charge in [-0.15, -0.1) is 0 Å². The van der Waals surface area contributed by atoms with E-state index in [1.807, 2.05) is 6.08 Å². The molecule has 1 saturated carbocycles. The van der Waals surface area contributed by atoms with Crippen LogP contribution in [0.15, 0.2) is 23.8 Å². The number of carboxylic acid groups (broad SMARTS) is 1. The second kappa shape index (κ2) is 5.53. The number of rotatable bonds is 3. The monoisotopic (exact) mass is 268 g/mol. The van der Waals surface area contributed by atoms with E-state index in [0.717, 1.165) is 24.8 Å². The Kier molecular flexibility index (Phi) is 4.02. The number of benzene rings is 1. The Bertz CT molecular complexity index is 497. The van der Waals surface area contributed by atoms with E-state index in [0.29, 0.717) is 0 Å². The Hall–Kier alpha value is -1.35. The van der Waals surface area contributed by atoms with Crippen LogP contribution < -0.4 is 0 Å². The normalized spacial score (nSPS) is 21.4. The van der Waals surface area contributed by atoms with Crippen molar-refractivity contribution in [1.29, 1.82) is 0 Å². The average Bonchev–Trinajstić information content (AvgIpc) is 2.70. The lowest BCUT2D eigenvalue weighted by Crippen LogP contribution is -2.03. The van der Waals surface area contributed by atoms with Gasteiger partial charge in [0.1, 0.15) is 5.82 Å². The molecule has 0 aliphatic heterocycles. The zero-order valence-corrected chi connectivity index (χ0v) is 10.6. The Labute approximate surface area is 110 Å². The molecule has 96 valence electrons. The quantitative estimate of drug-likeness (QED) is 0.895. The van der Waals surface area contributed by atoms with E-state index in [9.17, 15) is 9.18 Å². The van der Waals surface area contributed by atoms with Crippen LogP contribution in [0.5, 0.6) is 0 Å². The van der Waals surface area contributed by atoms with Crippen LogP contribution in [0.25, 0.3) is 6.08 Å². The van der Waals surface area contributed by atoms with E-state index in [2.05, 4.69) is 0 Å². The largest absolute Gasteiger partial charge is 0.481 e. The maximum atomic E-state index is 13.3. The molecular formula is C14H14ClFO2. The molecule has 0 heterocycles. The molecular weight excluding hydrogens is 255 g/mol. The maximum Gasteiger partial charge on any atom is 0.303 e. The predicted octanol–water partition coefficient (Wildman–Crippen LogP) is 4.14. The standard InChI is InChI=1S/C14H14ClFO2/c15-12-4-3-10(7-13(12)16)5-9-1-2-11(6-9)8-14(17)18/h3-5,7,11H,1-2,6,8H2,(H,17,18). The third-order valence-electron chi connectivity index (χ3n) is 3.20. The fourth-order valence-corrected chi connectivity index (χ4v) is 2.47. The highest BCUT2D eigenvalue weighted by molar-refractivity contribution is 6.30. The van der Waals surface area contributed by atoms with Gasteiger partial charge in [-0.25, -0.2) is 4.39 Å². The summed E-state index contributed by atoms with van der Waals surface area (Å²) in [6, 6.07) is 4.70. The molecule has 0 spiro atoms. The van der Waals surface area contributed by atoms with Crippen LogP contribution in [0.2, 0.25) is 5.02 Å². The summed E-state index contributed by atoms with van der Waals surface area (Å²) < 4.78 is 13.3. The molecule has 18 heavy (non-hydrogen) atoms. The number of allylic oxidation sites excluding steroid dienone is 1. The number of carbonyl (C=O) groups is 1. The summed E-state index contributed by atoms with van der Waals surface area (Å²) in [6.45, 7) is 0. The van der Waals surface area contributed by atoms with Gasteiger partial charge in [0.05, 0.1) is 5.02 Å². The summed E-state index contributed by atoms with van der Waals surface area (Å²) in [7, 11) is 0. The van der Waals surface area contributed by atoms with Gasteiger partial charge < -0.3 is 5.11 Å². The summed E-state index contributed by atoms with van der Waals surface area (Å²) >= 11 is 5.62. The average molecular weight is 269 g/mol.